The van der Waals surface area contributed by atoms with Gasteiger partial charge in [-0.2, -0.15) is 5.10 Å². The van der Waals surface area contributed by atoms with E-state index in [1.54, 1.807) is 30.3 Å². The molecule has 2 aromatic heterocycles. The van der Waals surface area contributed by atoms with Gasteiger partial charge in [0.1, 0.15) is 11.9 Å². The van der Waals surface area contributed by atoms with E-state index in [0.717, 1.165) is 11.1 Å². The van der Waals surface area contributed by atoms with Gasteiger partial charge in [0.2, 0.25) is 5.91 Å². The smallest absolute Gasteiger partial charge is 0.312 e. The number of halogens is 3. The summed E-state index contributed by atoms with van der Waals surface area (Å²) in [6, 6.07) is 3.72. The molecule has 196 valence electrons. The highest BCUT2D eigenvalue weighted by atomic mass is 35.5. The number of nitrogens with one attached hydrogen (secondary N) is 1. The maximum absolute atomic E-state index is 14.0. The summed E-state index contributed by atoms with van der Waals surface area (Å²) in [6.45, 7) is 2.67. The molecule has 0 aliphatic carbocycles. The molecule has 0 bridgehead atoms. The molecule has 4 rings (SSSR count). The van der Waals surface area contributed by atoms with Crippen LogP contribution in [0.5, 0.6) is 5.75 Å². The van der Waals surface area contributed by atoms with Gasteiger partial charge in [-0.05, 0) is 38.0 Å². The first-order valence-electron chi connectivity index (χ1n) is 11.5. The Kier molecular flexibility index (Phi) is 8.03. The number of primary amides is 1. The Bertz CT molecular complexity index is 1310. The molecule has 10 nitrogen and oxygen atoms in total. The van der Waals surface area contributed by atoms with Crippen molar-refractivity contribution in [3.8, 4) is 16.9 Å². The van der Waals surface area contributed by atoms with Crippen LogP contribution in [0.1, 0.15) is 37.5 Å². The Balaban J connectivity index is 1.44. The van der Waals surface area contributed by atoms with E-state index in [1.807, 2.05) is 10.9 Å². The third-order valence-corrected chi connectivity index (χ3v) is 6.93. The third kappa shape index (κ3) is 6.05. The Labute approximate surface area is 222 Å². The van der Waals surface area contributed by atoms with Crippen molar-refractivity contribution < 1.29 is 18.7 Å². The van der Waals surface area contributed by atoms with Crippen molar-refractivity contribution in [2.24, 2.45) is 5.73 Å². The van der Waals surface area contributed by atoms with Crippen LogP contribution in [-0.4, -0.2) is 51.2 Å². The van der Waals surface area contributed by atoms with Gasteiger partial charge in [0, 0.05) is 47.2 Å². The fourth-order valence-corrected chi connectivity index (χ4v) is 4.89. The van der Waals surface area contributed by atoms with E-state index in [1.165, 1.54) is 12.1 Å². The van der Waals surface area contributed by atoms with Crippen LogP contribution in [0.15, 0.2) is 36.8 Å². The second-order valence-electron chi connectivity index (χ2n) is 8.66. The number of carbonyl (C=O) groups is 2. The number of likely N-dealkylation sites (tertiary alicyclic amines) is 1. The SMILES string of the molecule is CC(Oc1cc(-c2cnn(C3CCN(C(=O)CNC(N)=O)CC3)c2)cnc1N)c1c(Cl)ccc(F)c1Cl. The number of hydrogen-bond acceptors (Lipinski definition) is 6. The normalized spacial score (nSPS) is 14.9. The summed E-state index contributed by atoms with van der Waals surface area (Å²) in [4.78, 5) is 28.9. The molecule has 0 spiro atoms. The number of benzene rings is 1. The van der Waals surface area contributed by atoms with Gasteiger partial charge in [-0.25, -0.2) is 14.2 Å². The van der Waals surface area contributed by atoms with Crippen LogP contribution < -0.4 is 21.5 Å². The third-order valence-electron chi connectivity index (χ3n) is 6.21. The lowest BCUT2D eigenvalue weighted by Gasteiger charge is -2.32. The summed E-state index contributed by atoms with van der Waals surface area (Å²) in [6.07, 6.45) is 5.97. The molecule has 3 aromatic rings. The molecule has 1 saturated heterocycles. The Morgan fingerprint density at radius 3 is 2.68 bits per heavy atom. The van der Waals surface area contributed by atoms with Crippen molar-refractivity contribution >= 4 is 41.0 Å². The van der Waals surface area contributed by atoms with E-state index in [2.05, 4.69) is 15.4 Å². The van der Waals surface area contributed by atoms with Crippen molar-refractivity contribution in [3.63, 3.8) is 0 Å². The van der Waals surface area contributed by atoms with Crippen molar-refractivity contribution in [3.05, 3.63) is 58.2 Å². The maximum Gasteiger partial charge on any atom is 0.312 e. The van der Waals surface area contributed by atoms with E-state index >= 15 is 0 Å². The fraction of sp³-hybridized carbons (Fsp3) is 0.333. The summed E-state index contributed by atoms with van der Waals surface area (Å²) in [5.74, 6) is -0.310. The predicted octanol–water partition coefficient (Wildman–Crippen LogP) is 3.95. The molecular formula is C24H26Cl2FN7O3. The molecule has 5 N–H and O–H groups in total. The van der Waals surface area contributed by atoms with E-state index in [0.29, 0.717) is 37.2 Å². The molecule has 3 heterocycles. The maximum atomic E-state index is 14.0. The first-order valence-corrected chi connectivity index (χ1v) is 12.3. The predicted molar refractivity (Wildman–Crippen MR) is 138 cm³/mol. The Hall–Kier alpha value is -3.57. The van der Waals surface area contributed by atoms with Crippen LogP contribution in [-0.2, 0) is 4.79 Å². The van der Waals surface area contributed by atoms with Crippen LogP contribution in [0.2, 0.25) is 10.0 Å². The van der Waals surface area contributed by atoms with Gasteiger partial charge in [-0.15, -0.1) is 0 Å². The largest absolute Gasteiger partial charge is 0.482 e. The van der Waals surface area contributed by atoms with E-state index in [9.17, 15) is 14.0 Å². The summed E-state index contributed by atoms with van der Waals surface area (Å²) in [5.41, 5.74) is 12.9. The lowest BCUT2D eigenvalue weighted by atomic mass is 10.1. The van der Waals surface area contributed by atoms with Gasteiger partial charge in [-0.1, -0.05) is 23.2 Å². The van der Waals surface area contributed by atoms with Gasteiger partial charge in [0.25, 0.3) is 0 Å². The summed E-state index contributed by atoms with van der Waals surface area (Å²) < 4.78 is 21.8. The molecule has 1 unspecified atom stereocenters. The number of piperidine rings is 1. The van der Waals surface area contributed by atoms with E-state index in [4.69, 9.17) is 39.4 Å². The first kappa shape index (κ1) is 26.5. The molecule has 1 aliphatic rings. The van der Waals surface area contributed by atoms with Crippen LogP contribution in [0.3, 0.4) is 0 Å². The second kappa shape index (κ2) is 11.2. The minimum absolute atomic E-state index is 0.108. The van der Waals surface area contributed by atoms with Gasteiger partial charge < -0.3 is 26.4 Å². The van der Waals surface area contributed by atoms with Crippen molar-refractivity contribution in [1.29, 1.82) is 0 Å². The quantitative estimate of drug-likeness (QED) is 0.381. The van der Waals surface area contributed by atoms with Crippen LogP contribution in [0.25, 0.3) is 11.1 Å². The lowest BCUT2D eigenvalue weighted by molar-refractivity contribution is -0.131. The van der Waals surface area contributed by atoms with Gasteiger partial charge in [0.15, 0.2) is 11.6 Å². The molecule has 1 aliphatic heterocycles. The first-order chi connectivity index (χ1) is 17.6. The average molecular weight is 550 g/mol. The molecular weight excluding hydrogens is 524 g/mol. The molecule has 1 fully saturated rings. The molecule has 13 heteroatoms. The van der Waals surface area contributed by atoms with E-state index in [-0.39, 0.29) is 34.4 Å². The zero-order chi connectivity index (χ0) is 26.7. The molecule has 1 atom stereocenters. The molecule has 0 saturated carbocycles. The minimum Gasteiger partial charge on any atom is -0.482 e. The summed E-state index contributed by atoms with van der Waals surface area (Å²) in [7, 11) is 0. The number of amides is 3. The zero-order valence-electron chi connectivity index (χ0n) is 20.0. The van der Waals surface area contributed by atoms with Crippen LogP contribution in [0.4, 0.5) is 15.0 Å². The molecule has 1 aromatic carbocycles. The van der Waals surface area contributed by atoms with Gasteiger partial charge in [-0.3, -0.25) is 9.48 Å². The summed E-state index contributed by atoms with van der Waals surface area (Å²) >= 11 is 12.3. The highest BCUT2D eigenvalue weighted by Crippen LogP contribution is 2.37. The molecule has 37 heavy (non-hydrogen) atoms. The zero-order valence-corrected chi connectivity index (χ0v) is 21.5. The molecule has 3 amide bonds. The van der Waals surface area contributed by atoms with Crippen LogP contribution in [0, 0.1) is 5.82 Å². The number of nitrogens with zero attached hydrogens (tertiary/aromatic N) is 4. The van der Waals surface area contributed by atoms with Gasteiger partial charge >= 0.3 is 6.03 Å². The Morgan fingerprint density at radius 2 is 1.97 bits per heavy atom. The number of pyridine rings is 1. The minimum atomic E-state index is -0.728. The number of aromatic nitrogens is 3. The standard InChI is InChI=1S/C24H26Cl2FN7O3/c1-13(21-17(25)2-3-18(27)22(21)26)37-19-8-14(9-30-23(19)28)15-10-32-34(12-15)16-4-6-33(7-5-16)20(35)11-31-24(29)36/h2-3,8-10,12-13,16H,4-7,11H2,1H3,(H2,28,30)(H3,29,31,36). The number of rotatable bonds is 7. The molecule has 0 radical (unpaired) electrons. The fourth-order valence-electron chi connectivity index (χ4n) is 4.21. The number of urea groups is 1. The second-order valence-corrected chi connectivity index (χ2v) is 9.45. The van der Waals surface area contributed by atoms with Crippen LogP contribution >= 0.6 is 23.2 Å². The number of nitrogens with two attached hydrogens (primary N) is 2. The van der Waals surface area contributed by atoms with Gasteiger partial charge in [0.05, 0.1) is 23.8 Å². The number of carbonyl (C=O) groups excluding carboxylic acids is 2. The highest BCUT2D eigenvalue weighted by Gasteiger charge is 2.25. The summed E-state index contributed by atoms with van der Waals surface area (Å²) in [5, 5.41) is 6.99. The Morgan fingerprint density at radius 1 is 1.24 bits per heavy atom. The van der Waals surface area contributed by atoms with E-state index < -0.39 is 18.0 Å². The van der Waals surface area contributed by atoms with Crippen molar-refractivity contribution in [1.82, 2.24) is 25.0 Å². The van der Waals surface area contributed by atoms with Crippen molar-refractivity contribution in [2.75, 3.05) is 25.4 Å². The highest BCUT2D eigenvalue weighted by molar-refractivity contribution is 6.36. The lowest BCUT2D eigenvalue weighted by Crippen LogP contribution is -2.45. The number of hydrogen-bond donors (Lipinski definition) is 3. The number of anilines is 1. The monoisotopic (exact) mass is 549 g/mol. The van der Waals surface area contributed by atoms with Crippen molar-refractivity contribution in [2.45, 2.75) is 31.9 Å². The topological polar surface area (TPSA) is 141 Å². The number of ether oxygens (including phenoxy) is 1. The number of nitrogen functional groups attached to an aromatic ring is 1. The average Bonchev–Trinajstić information content (AvgIpc) is 3.37.